The molecule has 1 heterocycles. The molecule has 0 aliphatic heterocycles. The lowest BCUT2D eigenvalue weighted by Gasteiger charge is -2.17. The molecule has 0 bridgehead atoms. The van der Waals surface area contributed by atoms with Crippen molar-refractivity contribution in [3.05, 3.63) is 52.2 Å². The molecule has 0 saturated heterocycles. The fourth-order valence-electron chi connectivity index (χ4n) is 3.50. The van der Waals surface area contributed by atoms with Crippen LogP contribution in [0, 0.1) is 5.92 Å². The largest absolute Gasteiger partial charge is 0.481 e. The molecule has 0 amide bonds. The molecule has 1 saturated carbocycles. The summed E-state index contributed by atoms with van der Waals surface area (Å²) in [5, 5.41) is 11.5. The molecular weight excluding hydrogens is 370 g/mol. The average molecular weight is 394 g/mol. The Kier molecular flexibility index (Phi) is 6.11. The highest BCUT2D eigenvalue weighted by molar-refractivity contribution is 7.89. The zero-order chi connectivity index (χ0) is 18.6. The fraction of sp³-hybridized carbons (Fsp3) is 0.421. The first-order valence-electron chi connectivity index (χ1n) is 8.80. The van der Waals surface area contributed by atoms with E-state index in [1.54, 1.807) is 12.1 Å². The Bertz CT molecular complexity index is 823. The highest BCUT2D eigenvalue weighted by Crippen LogP contribution is 2.34. The SMILES string of the molecule is O=C(O)C(CC1CCCC1)c1ccc(S(=O)(=O)NCc2cccs2)cc1. The highest BCUT2D eigenvalue weighted by Gasteiger charge is 2.26. The Hall–Kier alpha value is -1.70. The second-order valence-electron chi connectivity index (χ2n) is 6.75. The minimum Gasteiger partial charge on any atom is -0.481 e. The number of rotatable bonds is 8. The van der Waals surface area contributed by atoms with Crippen LogP contribution in [0.25, 0.3) is 0 Å². The maximum atomic E-state index is 12.4. The van der Waals surface area contributed by atoms with Crippen LogP contribution in [-0.4, -0.2) is 19.5 Å². The molecule has 26 heavy (non-hydrogen) atoms. The van der Waals surface area contributed by atoms with Crippen LogP contribution >= 0.6 is 11.3 Å². The number of sulfonamides is 1. The second-order valence-corrected chi connectivity index (χ2v) is 9.55. The van der Waals surface area contributed by atoms with E-state index in [0.717, 1.165) is 17.7 Å². The van der Waals surface area contributed by atoms with Crippen LogP contribution in [0.5, 0.6) is 0 Å². The number of carbonyl (C=O) groups is 1. The van der Waals surface area contributed by atoms with Crippen molar-refractivity contribution in [3.8, 4) is 0 Å². The molecule has 0 spiro atoms. The summed E-state index contributed by atoms with van der Waals surface area (Å²) >= 11 is 1.49. The summed E-state index contributed by atoms with van der Waals surface area (Å²) in [6.45, 7) is 0.251. The average Bonchev–Trinajstić information content (AvgIpc) is 3.31. The number of benzene rings is 1. The van der Waals surface area contributed by atoms with Gasteiger partial charge in [0, 0.05) is 11.4 Å². The molecule has 1 unspecified atom stereocenters. The lowest BCUT2D eigenvalue weighted by molar-refractivity contribution is -0.139. The Morgan fingerprint density at radius 1 is 1.19 bits per heavy atom. The Morgan fingerprint density at radius 2 is 1.88 bits per heavy atom. The van der Waals surface area contributed by atoms with Crippen LogP contribution in [0.1, 0.15) is 48.5 Å². The lowest BCUT2D eigenvalue weighted by atomic mass is 9.88. The smallest absolute Gasteiger partial charge is 0.310 e. The zero-order valence-corrected chi connectivity index (χ0v) is 16.1. The van der Waals surface area contributed by atoms with Crippen molar-refractivity contribution in [2.24, 2.45) is 5.92 Å². The summed E-state index contributed by atoms with van der Waals surface area (Å²) in [6.07, 6.45) is 5.14. The van der Waals surface area contributed by atoms with Crippen LogP contribution in [0.4, 0.5) is 0 Å². The van der Waals surface area contributed by atoms with Crippen molar-refractivity contribution in [3.63, 3.8) is 0 Å². The number of nitrogens with one attached hydrogen (secondary N) is 1. The summed E-state index contributed by atoms with van der Waals surface area (Å²) in [6, 6.07) is 10.0. The molecule has 2 N–H and O–H groups in total. The second kappa shape index (κ2) is 8.33. The van der Waals surface area contributed by atoms with Crippen molar-refractivity contribution in [1.82, 2.24) is 4.72 Å². The van der Waals surface area contributed by atoms with E-state index >= 15 is 0 Å². The van der Waals surface area contributed by atoms with Gasteiger partial charge < -0.3 is 5.11 Å². The van der Waals surface area contributed by atoms with Gasteiger partial charge in [-0.2, -0.15) is 0 Å². The summed E-state index contributed by atoms with van der Waals surface area (Å²) in [5.74, 6) is -0.968. The summed E-state index contributed by atoms with van der Waals surface area (Å²) in [4.78, 5) is 12.8. The van der Waals surface area contributed by atoms with Crippen molar-refractivity contribution >= 4 is 27.3 Å². The molecule has 1 aliphatic rings. The van der Waals surface area contributed by atoms with Gasteiger partial charge in [-0.15, -0.1) is 11.3 Å². The van der Waals surface area contributed by atoms with E-state index in [0.29, 0.717) is 17.9 Å². The number of carboxylic acid groups (broad SMARTS) is 1. The Labute approximate surface area is 158 Å². The molecule has 2 aromatic rings. The molecule has 1 aromatic carbocycles. The van der Waals surface area contributed by atoms with Gasteiger partial charge in [0.1, 0.15) is 0 Å². The van der Waals surface area contributed by atoms with E-state index in [1.165, 1.54) is 36.3 Å². The van der Waals surface area contributed by atoms with Crippen LogP contribution in [0.15, 0.2) is 46.7 Å². The van der Waals surface area contributed by atoms with Gasteiger partial charge in [0.15, 0.2) is 0 Å². The number of thiophene rings is 1. The number of carboxylic acids is 1. The lowest BCUT2D eigenvalue weighted by Crippen LogP contribution is -2.23. The molecule has 7 heteroatoms. The van der Waals surface area contributed by atoms with Gasteiger partial charge in [-0.1, -0.05) is 43.9 Å². The molecule has 3 rings (SSSR count). The topological polar surface area (TPSA) is 83.5 Å². The van der Waals surface area contributed by atoms with E-state index in [2.05, 4.69) is 4.72 Å². The van der Waals surface area contributed by atoms with Gasteiger partial charge in [-0.05, 0) is 41.5 Å². The first kappa shape index (κ1) is 19.1. The van der Waals surface area contributed by atoms with E-state index in [4.69, 9.17) is 0 Å². The maximum Gasteiger partial charge on any atom is 0.310 e. The van der Waals surface area contributed by atoms with Crippen molar-refractivity contribution in [1.29, 1.82) is 0 Å². The monoisotopic (exact) mass is 393 g/mol. The number of aliphatic carboxylic acids is 1. The van der Waals surface area contributed by atoms with Crippen LogP contribution in [-0.2, 0) is 21.4 Å². The van der Waals surface area contributed by atoms with Gasteiger partial charge in [0.25, 0.3) is 0 Å². The maximum absolute atomic E-state index is 12.4. The first-order chi connectivity index (χ1) is 12.5. The van der Waals surface area contributed by atoms with Crippen molar-refractivity contribution in [2.75, 3.05) is 0 Å². The molecule has 1 fully saturated rings. The van der Waals surface area contributed by atoms with Crippen molar-refractivity contribution < 1.29 is 18.3 Å². The molecule has 140 valence electrons. The van der Waals surface area contributed by atoms with Crippen LogP contribution < -0.4 is 4.72 Å². The van der Waals surface area contributed by atoms with Crippen molar-refractivity contribution in [2.45, 2.75) is 49.5 Å². The third-order valence-electron chi connectivity index (χ3n) is 4.95. The van der Waals surface area contributed by atoms with Gasteiger partial charge in [-0.3, -0.25) is 4.79 Å². The molecule has 1 aliphatic carbocycles. The van der Waals surface area contributed by atoms with Gasteiger partial charge in [-0.25, -0.2) is 13.1 Å². The summed E-state index contributed by atoms with van der Waals surface area (Å²) in [5.41, 5.74) is 0.668. The Morgan fingerprint density at radius 3 is 2.46 bits per heavy atom. The molecule has 0 radical (unpaired) electrons. The third-order valence-corrected chi connectivity index (χ3v) is 7.24. The predicted octanol–water partition coefficient (Wildman–Crippen LogP) is 3.98. The minimum atomic E-state index is -3.61. The van der Waals surface area contributed by atoms with Gasteiger partial charge in [0.2, 0.25) is 10.0 Å². The van der Waals surface area contributed by atoms with Gasteiger partial charge in [0.05, 0.1) is 10.8 Å². The fourth-order valence-corrected chi connectivity index (χ4v) is 5.24. The van der Waals surface area contributed by atoms with E-state index < -0.39 is 21.9 Å². The zero-order valence-electron chi connectivity index (χ0n) is 14.4. The first-order valence-corrected chi connectivity index (χ1v) is 11.2. The van der Waals surface area contributed by atoms with E-state index in [1.807, 2.05) is 17.5 Å². The molecule has 1 atom stereocenters. The van der Waals surface area contributed by atoms with Crippen LogP contribution in [0.2, 0.25) is 0 Å². The third kappa shape index (κ3) is 4.72. The molecular formula is C19H23NO4S2. The normalized spacial score (nSPS) is 16.6. The van der Waals surface area contributed by atoms with Gasteiger partial charge >= 0.3 is 5.97 Å². The molecule has 5 nitrogen and oxygen atoms in total. The number of hydrogen-bond acceptors (Lipinski definition) is 4. The summed E-state index contributed by atoms with van der Waals surface area (Å²) in [7, 11) is -3.61. The standard InChI is InChI=1S/C19H23NO4S2/c21-19(22)18(12-14-4-1-2-5-14)15-7-9-17(10-8-15)26(23,24)20-13-16-6-3-11-25-16/h3,6-11,14,18,20H,1-2,4-5,12-13H2,(H,21,22). The van der Waals surface area contributed by atoms with E-state index in [9.17, 15) is 18.3 Å². The van der Waals surface area contributed by atoms with E-state index in [-0.39, 0.29) is 11.4 Å². The quantitative estimate of drug-likeness (QED) is 0.711. The predicted molar refractivity (Wildman–Crippen MR) is 102 cm³/mol. The Balaban J connectivity index is 1.70. The highest BCUT2D eigenvalue weighted by atomic mass is 32.2. The minimum absolute atomic E-state index is 0.155. The van der Waals surface area contributed by atoms with Crippen LogP contribution in [0.3, 0.4) is 0 Å². The molecule has 1 aromatic heterocycles. The number of hydrogen-bond donors (Lipinski definition) is 2. The summed E-state index contributed by atoms with van der Waals surface area (Å²) < 4.78 is 27.4.